The lowest BCUT2D eigenvalue weighted by Crippen LogP contribution is -2.13. The van der Waals surface area contributed by atoms with E-state index in [1.165, 1.54) is 20.1 Å². The molecule has 3 aromatic rings. The molecule has 0 saturated carbocycles. The van der Waals surface area contributed by atoms with Gasteiger partial charge in [0.2, 0.25) is 0 Å². The molecule has 0 aliphatic heterocycles. The second kappa shape index (κ2) is 11.8. The summed E-state index contributed by atoms with van der Waals surface area (Å²) in [5.74, 6) is 0.268. The Morgan fingerprint density at radius 1 is 1.00 bits per heavy atom. The smallest absolute Gasteiger partial charge is 0.266 e. The van der Waals surface area contributed by atoms with Crippen LogP contribution < -0.4 is 14.8 Å². The maximum atomic E-state index is 12.7. The van der Waals surface area contributed by atoms with E-state index >= 15 is 0 Å². The third-order valence-electron chi connectivity index (χ3n) is 4.88. The van der Waals surface area contributed by atoms with Gasteiger partial charge in [0.15, 0.2) is 17.3 Å². The number of methoxy groups -OCH3 is 1. The average molecular weight is 453 g/mol. The van der Waals surface area contributed by atoms with E-state index in [1.54, 1.807) is 42.5 Å². The van der Waals surface area contributed by atoms with Gasteiger partial charge in [0.1, 0.15) is 18.2 Å². The summed E-state index contributed by atoms with van der Waals surface area (Å²) < 4.78 is 11.3. The number of carbonyl (C=O) groups excluding carboxylic acids is 2. The summed E-state index contributed by atoms with van der Waals surface area (Å²) >= 11 is 0. The zero-order chi connectivity index (χ0) is 24.3. The van der Waals surface area contributed by atoms with Crippen LogP contribution in [0.4, 0.5) is 5.69 Å². The Hall–Kier alpha value is -4.63. The minimum atomic E-state index is -0.573. The van der Waals surface area contributed by atoms with Crippen LogP contribution in [-0.4, -0.2) is 25.4 Å². The molecule has 0 bridgehead atoms. The monoisotopic (exact) mass is 452 g/mol. The van der Waals surface area contributed by atoms with E-state index in [4.69, 9.17) is 9.47 Å². The van der Waals surface area contributed by atoms with Crippen LogP contribution in [0.5, 0.6) is 11.5 Å². The van der Waals surface area contributed by atoms with Gasteiger partial charge in [0.05, 0.1) is 7.11 Å². The molecule has 0 spiro atoms. The van der Waals surface area contributed by atoms with Gasteiger partial charge in [-0.15, -0.1) is 0 Å². The van der Waals surface area contributed by atoms with E-state index in [2.05, 4.69) is 5.32 Å². The highest BCUT2D eigenvalue weighted by atomic mass is 16.5. The molecule has 0 aliphatic carbocycles. The molecule has 0 heterocycles. The van der Waals surface area contributed by atoms with Crippen molar-refractivity contribution in [1.82, 2.24) is 0 Å². The third-order valence-corrected chi connectivity index (χ3v) is 4.88. The van der Waals surface area contributed by atoms with Gasteiger partial charge in [0.25, 0.3) is 5.91 Å². The largest absolute Gasteiger partial charge is 0.493 e. The fourth-order valence-electron chi connectivity index (χ4n) is 3.13. The number of ketones is 1. The number of hydrogen-bond donors (Lipinski definition) is 1. The molecule has 3 aromatic carbocycles. The molecule has 0 aliphatic rings. The van der Waals surface area contributed by atoms with Crippen LogP contribution >= 0.6 is 0 Å². The molecule has 6 heteroatoms. The molecule has 6 nitrogen and oxygen atoms in total. The number of para-hydroxylation sites is 1. The van der Waals surface area contributed by atoms with Crippen molar-refractivity contribution < 1.29 is 19.1 Å². The van der Waals surface area contributed by atoms with Gasteiger partial charge >= 0.3 is 0 Å². The van der Waals surface area contributed by atoms with E-state index in [-0.39, 0.29) is 18.0 Å². The summed E-state index contributed by atoms with van der Waals surface area (Å²) in [4.78, 5) is 24.1. The van der Waals surface area contributed by atoms with Crippen LogP contribution in [-0.2, 0) is 4.79 Å². The van der Waals surface area contributed by atoms with Crippen molar-refractivity contribution in [3.63, 3.8) is 0 Å². The van der Waals surface area contributed by atoms with E-state index in [0.717, 1.165) is 5.56 Å². The van der Waals surface area contributed by atoms with Crippen LogP contribution in [0.25, 0.3) is 12.2 Å². The highest BCUT2D eigenvalue weighted by Gasteiger charge is 2.14. The lowest BCUT2D eigenvalue weighted by molar-refractivity contribution is -0.112. The zero-order valence-electron chi connectivity index (χ0n) is 18.9. The molecule has 0 atom stereocenters. The summed E-state index contributed by atoms with van der Waals surface area (Å²) in [5, 5.41) is 12.3. The first-order valence-corrected chi connectivity index (χ1v) is 10.6. The van der Waals surface area contributed by atoms with Crippen molar-refractivity contribution in [2.45, 2.75) is 6.92 Å². The molecule has 0 fully saturated rings. The fourth-order valence-corrected chi connectivity index (χ4v) is 3.13. The normalized spacial score (nSPS) is 11.0. The average Bonchev–Trinajstić information content (AvgIpc) is 2.86. The molecule has 1 N–H and O–H groups in total. The maximum absolute atomic E-state index is 12.7. The van der Waals surface area contributed by atoms with Crippen LogP contribution in [0, 0.1) is 11.3 Å². The SMILES string of the molecule is COc1cccc(/C=C(\C#N)C(=O)Nc2ccc(C(C)=O)cc2)c1OC/C=C/c1ccccc1. The molecular formula is C28H24N2O4. The van der Waals surface area contributed by atoms with Crippen LogP contribution in [0.15, 0.2) is 84.4 Å². The van der Waals surface area contributed by atoms with Crippen molar-refractivity contribution in [2.75, 3.05) is 19.0 Å². The number of ether oxygens (including phenoxy) is 2. The molecule has 0 radical (unpaired) electrons. The number of benzene rings is 3. The van der Waals surface area contributed by atoms with Crippen molar-refractivity contribution in [1.29, 1.82) is 5.26 Å². The quantitative estimate of drug-likeness (QED) is 0.262. The molecule has 170 valence electrons. The lowest BCUT2D eigenvalue weighted by Gasteiger charge is -2.12. The molecule has 0 saturated heterocycles. The first-order chi connectivity index (χ1) is 16.5. The van der Waals surface area contributed by atoms with Crippen molar-refractivity contribution in [3.8, 4) is 17.6 Å². The number of Topliss-reactive ketones (excluding diaryl/α,β-unsaturated/α-hetero) is 1. The Labute approximate surface area is 198 Å². The van der Waals surface area contributed by atoms with Gasteiger partial charge in [-0.1, -0.05) is 48.5 Å². The van der Waals surface area contributed by atoms with Crippen molar-refractivity contribution in [3.05, 3.63) is 101 Å². The van der Waals surface area contributed by atoms with Crippen molar-refractivity contribution >= 4 is 29.5 Å². The van der Waals surface area contributed by atoms with Gasteiger partial charge in [-0.2, -0.15) is 5.26 Å². The molecule has 1 amide bonds. The van der Waals surface area contributed by atoms with Gasteiger partial charge in [-0.25, -0.2) is 0 Å². The number of anilines is 1. The van der Waals surface area contributed by atoms with Gasteiger partial charge in [-0.3, -0.25) is 9.59 Å². The molecule has 34 heavy (non-hydrogen) atoms. The summed E-state index contributed by atoms with van der Waals surface area (Å²) in [5.41, 5.74) is 2.49. The van der Waals surface area contributed by atoms with Crippen LogP contribution in [0.2, 0.25) is 0 Å². The molecule has 0 aromatic heterocycles. The van der Waals surface area contributed by atoms with E-state index in [1.807, 2.05) is 48.6 Å². The maximum Gasteiger partial charge on any atom is 0.266 e. The number of rotatable bonds is 9. The van der Waals surface area contributed by atoms with Crippen LogP contribution in [0.3, 0.4) is 0 Å². The second-order valence-electron chi connectivity index (χ2n) is 7.26. The van der Waals surface area contributed by atoms with Gasteiger partial charge < -0.3 is 14.8 Å². The number of nitriles is 1. The minimum absolute atomic E-state index is 0.0698. The molecule has 3 rings (SSSR count). The first-order valence-electron chi connectivity index (χ1n) is 10.6. The number of nitrogens with one attached hydrogen (secondary N) is 1. The Morgan fingerprint density at radius 2 is 1.74 bits per heavy atom. The standard InChI is InChI=1S/C28H24N2O4/c1-20(31)22-13-15-25(16-14-22)30-28(32)24(19-29)18-23-11-6-12-26(33-2)27(23)34-17-7-10-21-8-4-3-5-9-21/h3-16,18H,17H2,1-2H3,(H,30,32)/b10-7+,24-18+. The third kappa shape index (κ3) is 6.44. The first kappa shape index (κ1) is 24.0. The van der Waals surface area contributed by atoms with Crippen LogP contribution in [0.1, 0.15) is 28.4 Å². The summed E-state index contributed by atoms with van der Waals surface area (Å²) in [6.07, 6.45) is 5.27. The number of nitrogens with zero attached hydrogens (tertiary/aromatic N) is 1. The highest BCUT2D eigenvalue weighted by Crippen LogP contribution is 2.33. The Balaban J connectivity index is 1.79. The van der Waals surface area contributed by atoms with Gasteiger partial charge in [-0.05, 0) is 55.0 Å². The summed E-state index contributed by atoms with van der Waals surface area (Å²) in [6.45, 7) is 1.74. The number of carbonyl (C=O) groups is 2. The Bertz CT molecular complexity index is 1250. The number of amides is 1. The highest BCUT2D eigenvalue weighted by molar-refractivity contribution is 6.10. The second-order valence-corrected chi connectivity index (χ2v) is 7.26. The summed E-state index contributed by atoms with van der Waals surface area (Å²) in [6, 6.07) is 23.5. The Morgan fingerprint density at radius 3 is 2.38 bits per heavy atom. The zero-order valence-corrected chi connectivity index (χ0v) is 18.9. The van der Waals surface area contributed by atoms with Crippen molar-refractivity contribution in [2.24, 2.45) is 0 Å². The minimum Gasteiger partial charge on any atom is -0.493 e. The number of hydrogen-bond acceptors (Lipinski definition) is 5. The predicted octanol–water partition coefficient (Wildman–Crippen LogP) is 5.54. The van der Waals surface area contributed by atoms with Gasteiger partial charge in [0, 0.05) is 16.8 Å². The lowest BCUT2D eigenvalue weighted by atomic mass is 10.1. The Kier molecular flexibility index (Phi) is 8.36. The van der Waals surface area contributed by atoms with E-state index in [9.17, 15) is 14.9 Å². The van der Waals surface area contributed by atoms with E-state index in [0.29, 0.717) is 28.3 Å². The molecular weight excluding hydrogens is 428 g/mol. The topological polar surface area (TPSA) is 88.4 Å². The van der Waals surface area contributed by atoms with E-state index < -0.39 is 5.91 Å². The summed E-state index contributed by atoms with van der Waals surface area (Å²) in [7, 11) is 1.53. The predicted molar refractivity (Wildman–Crippen MR) is 133 cm³/mol. The fraction of sp³-hybridized carbons (Fsp3) is 0.107. The molecule has 0 unspecified atom stereocenters.